The first-order chi connectivity index (χ1) is 9.69. The van der Waals surface area contributed by atoms with Crippen molar-refractivity contribution < 1.29 is 4.74 Å². The number of ether oxygens (including phenoxy) is 1. The van der Waals surface area contributed by atoms with Crippen molar-refractivity contribution in [2.45, 2.75) is 26.3 Å². The molecule has 2 rings (SSSR count). The average molecular weight is 290 g/mol. The number of benzene rings is 2. The zero-order valence-corrected chi connectivity index (χ0v) is 12.7. The number of hydrogen-bond acceptors (Lipinski definition) is 2. The molecule has 0 amide bonds. The second-order valence-corrected chi connectivity index (χ2v) is 5.23. The van der Waals surface area contributed by atoms with Crippen LogP contribution in [0.2, 0.25) is 5.02 Å². The Kier molecular flexibility index (Phi) is 5.31. The maximum atomic E-state index is 5.88. The molecule has 0 bridgehead atoms. The Hall–Kier alpha value is -1.67. The molecule has 3 heteroatoms. The zero-order valence-electron chi connectivity index (χ0n) is 11.9. The van der Waals surface area contributed by atoms with Crippen molar-refractivity contribution in [2.24, 2.45) is 0 Å². The first-order valence-electron chi connectivity index (χ1n) is 6.94. The lowest BCUT2D eigenvalue weighted by Crippen LogP contribution is -2.06. The van der Waals surface area contributed by atoms with Gasteiger partial charge in [-0.2, -0.15) is 0 Å². The molecule has 2 nitrogen and oxygen atoms in total. The van der Waals surface area contributed by atoms with Crippen LogP contribution < -0.4 is 10.1 Å². The average Bonchev–Trinajstić information content (AvgIpc) is 2.48. The van der Waals surface area contributed by atoms with Crippen LogP contribution in [0.5, 0.6) is 5.75 Å². The lowest BCUT2D eigenvalue weighted by Gasteiger charge is -2.16. The SMILES string of the molecule is CCCOc1ccc(C(C)Nc2ccc(Cl)cc2)cc1. The van der Waals surface area contributed by atoms with Crippen LogP contribution >= 0.6 is 11.6 Å². The molecule has 1 atom stereocenters. The van der Waals surface area contributed by atoms with Gasteiger partial charge in [0.25, 0.3) is 0 Å². The third-order valence-electron chi connectivity index (χ3n) is 3.08. The topological polar surface area (TPSA) is 21.3 Å². The molecule has 1 N–H and O–H groups in total. The molecular formula is C17H20ClNO. The van der Waals surface area contributed by atoms with Gasteiger partial charge in [0.15, 0.2) is 0 Å². The van der Waals surface area contributed by atoms with Crippen LogP contribution in [0.1, 0.15) is 31.9 Å². The van der Waals surface area contributed by atoms with Gasteiger partial charge in [-0.15, -0.1) is 0 Å². The summed E-state index contributed by atoms with van der Waals surface area (Å²) >= 11 is 5.88. The Morgan fingerprint density at radius 2 is 1.70 bits per heavy atom. The first-order valence-corrected chi connectivity index (χ1v) is 7.31. The van der Waals surface area contributed by atoms with Crippen LogP contribution in [0.25, 0.3) is 0 Å². The van der Waals surface area contributed by atoms with Gasteiger partial charge in [0.2, 0.25) is 0 Å². The van der Waals surface area contributed by atoms with Gasteiger partial charge in [-0.25, -0.2) is 0 Å². The summed E-state index contributed by atoms with van der Waals surface area (Å²) in [6.07, 6.45) is 1.02. The first kappa shape index (κ1) is 14.7. The molecule has 0 radical (unpaired) electrons. The molecule has 0 fully saturated rings. The Bertz CT molecular complexity index is 522. The highest BCUT2D eigenvalue weighted by molar-refractivity contribution is 6.30. The maximum Gasteiger partial charge on any atom is 0.119 e. The van der Waals surface area contributed by atoms with E-state index in [1.807, 2.05) is 36.4 Å². The van der Waals surface area contributed by atoms with E-state index in [0.29, 0.717) is 0 Å². The second-order valence-electron chi connectivity index (χ2n) is 4.79. The van der Waals surface area contributed by atoms with Crippen LogP contribution in [0.4, 0.5) is 5.69 Å². The molecule has 0 aliphatic carbocycles. The molecule has 2 aromatic carbocycles. The fraction of sp³-hybridized carbons (Fsp3) is 0.294. The zero-order chi connectivity index (χ0) is 14.4. The minimum atomic E-state index is 0.233. The van der Waals surface area contributed by atoms with Crippen molar-refractivity contribution in [3.8, 4) is 5.75 Å². The monoisotopic (exact) mass is 289 g/mol. The lowest BCUT2D eigenvalue weighted by molar-refractivity contribution is 0.317. The molecule has 0 aliphatic rings. The molecule has 0 spiro atoms. The second kappa shape index (κ2) is 7.20. The van der Waals surface area contributed by atoms with Crippen molar-refractivity contribution in [1.82, 2.24) is 0 Å². The fourth-order valence-electron chi connectivity index (χ4n) is 1.95. The minimum absolute atomic E-state index is 0.233. The van der Waals surface area contributed by atoms with E-state index in [1.54, 1.807) is 0 Å². The van der Waals surface area contributed by atoms with Gasteiger partial charge in [0, 0.05) is 16.8 Å². The molecule has 106 valence electrons. The number of halogens is 1. The molecule has 20 heavy (non-hydrogen) atoms. The van der Waals surface area contributed by atoms with Crippen molar-refractivity contribution in [2.75, 3.05) is 11.9 Å². The summed E-state index contributed by atoms with van der Waals surface area (Å²) in [5.41, 5.74) is 2.29. The molecule has 0 heterocycles. The molecule has 2 aromatic rings. The Labute approximate surface area is 125 Å². The Morgan fingerprint density at radius 3 is 2.30 bits per heavy atom. The quantitative estimate of drug-likeness (QED) is 0.779. The van der Waals surface area contributed by atoms with Crippen molar-refractivity contribution in [1.29, 1.82) is 0 Å². The predicted octanol–water partition coefficient (Wildman–Crippen LogP) is 5.30. The third-order valence-corrected chi connectivity index (χ3v) is 3.33. The largest absolute Gasteiger partial charge is 0.494 e. The third kappa shape index (κ3) is 4.17. The van der Waals surface area contributed by atoms with Gasteiger partial charge in [-0.3, -0.25) is 0 Å². The van der Waals surface area contributed by atoms with Gasteiger partial charge >= 0.3 is 0 Å². The minimum Gasteiger partial charge on any atom is -0.494 e. The summed E-state index contributed by atoms with van der Waals surface area (Å²) in [7, 11) is 0. The van der Waals surface area contributed by atoms with Crippen LogP contribution in [0, 0.1) is 0 Å². The summed E-state index contributed by atoms with van der Waals surface area (Å²) in [5.74, 6) is 0.925. The van der Waals surface area contributed by atoms with Crippen molar-refractivity contribution in [3.05, 3.63) is 59.1 Å². The number of anilines is 1. The van der Waals surface area contributed by atoms with E-state index in [1.165, 1.54) is 5.56 Å². The van der Waals surface area contributed by atoms with E-state index < -0.39 is 0 Å². The van der Waals surface area contributed by atoms with E-state index in [-0.39, 0.29) is 6.04 Å². The fourth-order valence-corrected chi connectivity index (χ4v) is 2.08. The molecule has 0 aromatic heterocycles. The number of hydrogen-bond donors (Lipinski definition) is 1. The van der Waals surface area contributed by atoms with E-state index >= 15 is 0 Å². The van der Waals surface area contributed by atoms with E-state index in [2.05, 4.69) is 31.3 Å². The van der Waals surface area contributed by atoms with Crippen molar-refractivity contribution >= 4 is 17.3 Å². The summed E-state index contributed by atoms with van der Waals surface area (Å²) in [6.45, 7) is 5.00. The summed E-state index contributed by atoms with van der Waals surface area (Å²) in [4.78, 5) is 0. The smallest absolute Gasteiger partial charge is 0.119 e. The van der Waals surface area contributed by atoms with Crippen molar-refractivity contribution in [3.63, 3.8) is 0 Å². The van der Waals surface area contributed by atoms with Crippen LogP contribution in [-0.2, 0) is 0 Å². The normalized spacial score (nSPS) is 11.9. The van der Waals surface area contributed by atoms with Crippen LogP contribution in [-0.4, -0.2) is 6.61 Å². The highest BCUT2D eigenvalue weighted by Gasteiger charge is 2.05. The van der Waals surface area contributed by atoms with Gasteiger partial charge in [0.05, 0.1) is 6.61 Å². The van der Waals surface area contributed by atoms with Crippen LogP contribution in [0.3, 0.4) is 0 Å². The van der Waals surface area contributed by atoms with Crippen LogP contribution in [0.15, 0.2) is 48.5 Å². The van der Waals surface area contributed by atoms with Gasteiger partial charge in [0.1, 0.15) is 5.75 Å². The van der Waals surface area contributed by atoms with Gasteiger partial charge in [-0.1, -0.05) is 30.7 Å². The molecule has 0 aliphatic heterocycles. The van der Waals surface area contributed by atoms with Gasteiger partial charge in [-0.05, 0) is 55.3 Å². The van der Waals surface area contributed by atoms with Gasteiger partial charge < -0.3 is 10.1 Å². The summed E-state index contributed by atoms with van der Waals surface area (Å²) in [5, 5.41) is 4.20. The molecular weight excluding hydrogens is 270 g/mol. The molecule has 0 saturated carbocycles. The summed E-state index contributed by atoms with van der Waals surface area (Å²) < 4.78 is 5.59. The highest BCUT2D eigenvalue weighted by atomic mass is 35.5. The van der Waals surface area contributed by atoms with E-state index in [4.69, 9.17) is 16.3 Å². The number of nitrogens with one attached hydrogen (secondary N) is 1. The predicted molar refractivity (Wildman–Crippen MR) is 85.7 cm³/mol. The Balaban J connectivity index is 1.98. The highest BCUT2D eigenvalue weighted by Crippen LogP contribution is 2.22. The maximum absolute atomic E-state index is 5.88. The Morgan fingerprint density at radius 1 is 1.05 bits per heavy atom. The van der Waals surface area contributed by atoms with E-state index in [9.17, 15) is 0 Å². The number of rotatable bonds is 6. The summed E-state index contributed by atoms with van der Waals surface area (Å²) in [6, 6.07) is 16.2. The van der Waals surface area contributed by atoms with E-state index in [0.717, 1.165) is 29.5 Å². The lowest BCUT2D eigenvalue weighted by atomic mass is 10.1. The molecule has 1 unspecified atom stereocenters. The standard InChI is InChI=1S/C17H20ClNO/c1-3-12-20-17-10-4-14(5-11-17)13(2)19-16-8-6-15(18)7-9-16/h4-11,13,19H,3,12H2,1-2H3. The molecule has 0 saturated heterocycles.